The Morgan fingerprint density at radius 3 is 2.86 bits per heavy atom. The first kappa shape index (κ1) is 15.6. The first-order valence-corrected chi connectivity index (χ1v) is 6.78. The van der Waals surface area contributed by atoms with Gasteiger partial charge in [-0.1, -0.05) is 12.1 Å². The van der Waals surface area contributed by atoms with Gasteiger partial charge < -0.3 is 19.1 Å². The number of likely N-dealkylation sites (N-methyl/N-ethyl adjacent to an activating group) is 1. The number of rotatable bonds is 5. The minimum atomic E-state index is -0.896. The summed E-state index contributed by atoms with van der Waals surface area (Å²) >= 11 is 0. The van der Waals surface area contributed by atoms with Crippen molar-refractivity contribution in [1.29, 1.82) is 5.26 Å². The van der Waals surface area contributed by atoms with Crippen molar-refractivity contribution in [1.82, 2.24) is 4.90 Å². The molecule has 0 saturated heterocycles. The van der Waals surface area contributed by atoms with Gasteiger partial charge in [0.2, 0.25) is 6.10 Å². The fraction of sp³-hybridized carbons (Fsp3) is 0.400. The molecule has 7 heteroatoms. The molecule has 22 heavy (non-hydrogen) atoms. The number of hydrogen-bond donors (Lipinski definition) is 0. The summed E-state index contributed by atoms with van der Waals surface area (Å²) in [6.07, 6.45) is -0.667. The normalized spacial score (nSPS) is 15.5. The van der Waals surface area contributed by atoms with Crippen LogP contribution in [-0.2, 0) is 14.3 Å². The maximum Gasteiger partial charge on any atom is 0.351 e. The van der Waals surface area contributed by atoms with Gasteiger partial charge in [-0.05, 0) is 12.1 Å². The topological polar surface area (TPSA) is 88.9 Å². The van der Waals surface area contributed by atoms with E-state index in [9.17, 15) is 9.59 Å². The van der Waals surface area contributed by atoms with Gasteiger partial charge in [0.15, 0.2) is 18.1 Å². The standard InChI is InChI=1S/C15H16N2O5/c1-17(8-4-7-16)14(18)10-21-15(19)13-9-20-11-5-2-3-6-12(11)22-13/h2-3,5-6,13H,4,8-10H2,1H3/t13-/m0/s1. The average Bonchev–Trinajstić information content (AvgIpc) is 2.56. The van der Waals surface area contributed by atoms with Crippen LogP contribution in [0.25, 0.3) is 0 Å². The summed E-state index contributed by atoms with van der Waals surface area (Å²) in [5, 5.41) is 8.46. The number of nitrogens with zero attached hydrogens (tertiary/aromatic N) is 2. The zero-order valence-corrected chi connectivity index (χ0v) is 12.2. The Morgan fingerprint density at radius 1 is 1.41 bits per heavy atom. The molecule has 0 N–H and O–H groups in total. The molecule has 116 valence electrons. The van der Waals surface area contributed by atoms with Crippen LogP contribution in [0.1, 0.15) is 6.42 Å². The summed E-state index contributed by atoms with van der Waals surface area (Å²) in [4.78, 5) is 24.9. The van der Waals surface area contributed by atoms with Crippen molar-refractivity contribution in [3.8, 4) is 17.6 Å². The molecule has 0 saturated carbocycles. The average molecular weight is 304 g/mol. The smallest absolute Gasteiger partial charge is 0.351 e. The zero-order chi connectivity index (χ0) is 15.9. The van der Waals surface area contributed by atoms with Crippen LogP contribution in [0.2, 0.25) is 0 Å². The van der Waals surface area contributed by atoms with Crippen molar-refractivity contribution < 1.29 is 23.8 Å². The molecular formula is C15H16N2O5. The Bertz CT molecular complexity index is 596. The number of esters is 1. The van der Waals surface area contributed by atoms with Gasteiger partial charge in [-0.2, -0.15) is 5.26 Å². The number of ether oxygens (including phenoxy) is 3. The summed E-state index contributed by atoms with van der Waals surface area (Å²) in [7, 11) is 1.55. The van der Waals surface area contributed by atoms with Gasteiger partial charge in [0.25, 0.3) is 5.91 Å². The van der Waals surface area contributed by atoms with E-state index in [2.05, 4.69) is 0 Å². The monoisotopic (exact) mass is 304 g/mol. The van der Waals surface area contributed by atoms with E-state index in [1.807, 2.05) is 6.07 Å². The maximum absolute atomic E-state index is 11.9. The van der Waals surface area contributed by atoms with Crippen molar-refractivity contribution in [2.24, 2.45) is 0 Å². The fourth-order valence-electron chi connectivity index (χ4n) is 1.81. The maximum atomic E-state index is 11.9. The number of fused-ring (bicyclic) bond motifs is 1. The van der Waals surface area contributed by atoms with Crippen molar-refractivity contribution in [3.05, 3.63) is 24.3 Å². The summed E-state index contributed by atoms with van der Waals surface area (Å²) in [5.74, 6) is 0.00397. The highest BCUT2D eigenvalue weighted by molar-refractivity contribution is 5.82. The second-order valence-electron chi connectivity index (χ2n) is 4.70. The molecule has 2 rings (SSSR count). The third-order valence-electron chi connectivity index (χ3n) is 3.09. The van der Waals surface area contributed by atoms with Gasteiger partial charge in [-0.3, -0.25) is 4.79 Å². The van der Waals surface area contributed by atoms with Gasteiger partial charge in [-0.25, -0.2) is 4.79 Å². The van der Waals surface area contributed by atoms with Crippen LogP contribution in [-0.4, -0.2) is 49.7 Å². The first-order chi connectivity index (χ1) is 10.6. The Balaban J connectivity index is 1.81. The minimum Gasteiger partial charge on any atom is -0.485 e. The SMILES string of the molecule is CN(CCC#N)C(=O)COC(=O)[C@@H]1COc2ccccc2O1. The van der Waals surface area contributed by atoms with Crippen LogP contribution in [0.5, 0.6) is 11.5 Å². The number of amides is 1. The molecular weight excluding hydrogens is 288 g/mol. The third kappa shape index (κ3) is 3.88. The highest BCUT2D eigenvalue weighted by Gasteiger charge is 2.29. The van der Waals surface area contributed by atoms with Crippen LogP contribution in [0.15, 0.2) is 24.3 Å². The van der Waals surface area contributed by atoms with Crippen LogP contribution in [0, 0.1) is 11.3 Å². The third-order valence-corrected chi connectivity index (χ3v) is 3.09. The zero-order valence-electron chi connectivity index (χ0n) is 12.2. The van der Waals surface area contributed by atoms with Crippen LogP contribution < -0.4 is 9.47 Å². The van der Waals surface area contributed by atoms with Crippen molar-refractivity contribution in [3.63, 3.8) is 0 Å². The van der Waals surface area contributed by atoms with E-state index in [0.29, 0.717) is 18.0 Å². The number of nitriles is 1. The molecule has 1 aromatic rings. The molecule has 0 radical (unpaired) electrons. The number of benzene rings is 1. The van der Waals surface area contributed by atoms with E-state index in [0.717, 1.165) is 0 Å². The largest absolute Gasteiger partial charge is 0.485 e. The van der Waals surface area contributed by atoms with E-state index < -0.39 is 12.1 Å². The van der Waals surface area contributed by atoms with Gasteiger partial charge in [0, 0.05) is 13.6 Å². The number of carbonyl (C=O) groups excluding carboxylic acids is 2. The van der Waals surface area contributed by atoms with E-state index in [-0.39, 0.29) is 25.5 Å². The Kier molecular flexibility index (Phi) is 5.20. The lowest BCUT2D eigenvalue weighted by atomic mass is 10.2. The lowest BCUT2D eigenvalue weighted by Gasteiger charge is -2.25. The molecule has 1 atom stereocenters. The second-order valence-corrected chi connectivity index (χ2v) is 4.70. The molecule has 1 aliphatic heterocycles. The van der Waals surface area contributed by atoms with Crippen LogP contribution >= 0.6 is 0 Å². The van der Waals surface area contributed by atoms with E-state index in [1.165, 1.54) is 4.90 Å². The molecule has 0 unspecified atom stereocenters. The number of carbonyl (C=O) groups is 2. The molecule has 0 fully saturated rings. The Labute approximate surface area is 128 Å². The molecule has 0 aliphatic carbocycles. The summed E-state index contributed by atoms with van der Waals surface area (Å²) < 4.78 is 15.8. The van der Waals surface area contributed by atoms with Crippen LogP contribution in [0.3, 0.4) is 0 Å². The molecule has 1 aliphatic rings. The minimum absolute atomic E-state index is 0.0360. The quantitative estimate of drug-likeness (QED) is 0.746. The van der Waals surface area contributed by atoms with Gasteiger partial charge >= 0.3 is 5.97 Å². The molecule has 1 heterocycles. The summed E-state index contributed by atoms with van der Waals surface area (Å²) in [5.41, 5.74) is 0. The van der Waals surface area contributed by atoms with Crippen molar-refractivity contribution in [2.75, 3.05) is 26.8 Å². The lowest BCUT2D eigenvalue weighted by molar-refractivity contribution is -0.159. The predicted molar refractivity (Wildman–Crippen MR) is 75.2 cm³/mol. The molecule has 0 spiro atoms. The van der Waals surface area contributed by atoms with Gasteiger partial charge in [0.05, 0.1) is 12.5 Å². The second kappa shape index (κ2) is 7.31. The Morgan fingerprint density at radius 2 is 2.14 bits per heavy atom. The van der Waals surface area contributed by atoms with E-state index in [4.69, 9.17) is 19.5 Å². The van der Waals surface area contributed by atoms with E-state index >= 15 is 0 Å². The lowest BCUT2D eigenvalue weighted by Crippen LogP contribution is -2.40. The van der Waals surface area contributed by atoms with Crippen LogP contribution in [0.4, 0.5) is 0 Å². The summed E-state index contributed by atoms with van der Waals surface area (Å²) in [6.45, 7) is -0.0557. The number of para-hydroxylation sites is 2. The fourth-order valence-corrected chi connectivity index (χ4v) is 1.81. The highest BCUT2D eigenvalue weighted by atomic mass is 16.6. The van der Waals surface area contributed by atoms with E-state index in [1.54, 1.807) is 31.3 Å². The molecule has 0 bridgehead atoms. The van der Waals surface area contributed by atoms with Crippen molar-refractivity contribution >= 4 is 11.9 Å². The Hall–Kier alpha value is -2.75. The molecule has 1 amide bonds. The first-order valence-electron chi connectivity index (χ1n) is 6.78. The molecule has 7 nitrogen and oxygen atoms in total. The van der Waals surface area contributed by atoms with Crippen molar-refractivity contribution in [2.45, 2.75) is 12.5 Å². The predicted octanol–water partition coefficient (Wildman–Crippen LogP) is 0.742. The highest BCUT2D eigenvalue weighted by Crippen LogP contribution is 2.31. The summed E-state index contributed by atoms with van der Waals surface area (Å²) in [6, 6.07) is 8.94. The number of hydrogen-bond acceptors (Lipinski definition) is 6. The molecule has 0 aromatic heterocycles. The van der Waals surface area contributed by atoms with Gasteiger partial charge in [-0.15, -0.1) is 0 Å². The van der Waals surface area contributed by atoms with Gasteiger partial charge in [0.1, 0.15) is 6.61 Å². The molecule has 1 aromatic carbocycles.